The van der Waals surface area contributed by atoms with Gasteiger partial charge in [0.25, 0.3) is 5.91 Å². The topological polar surface area (TPSA) is 64.3 Å². The van der Waals surface area contributed by atoms with Gasteiger partial charge in [0.1, 0.15) is 5.75 Å². The number of hydrogen-bond donors (Lipinski definition) is 2. The number of carbonyl (C=O) groups is 1. The molecule has 0 unspecified atom stereocenters. The molecule has 0 bridgehead atoms. The molecular formula is C16H20N2O2S. The lowest BCUT2D eigenvalue weighted by Crippen LogP contribution is -2.38. The fraction of sp³-hybridized carbons (Fsp3) is 0.312. The molecule has 0 aliphatic rings. The summed E-state index contributed by atoms with van der Waals surface area (Å²) in [4.78, 5) is 13.1. The average molecular weight is 304 g/mol. The number of rotatable bonds is 6. The third-order valence-corrected chi connectivity index (χ3v) is 4.43. The first-order chi connectivity index (χ1) is 9.99. The molecule has 1 amide bonds. The van der Waals surface area contributed by atoms with Gasteiger partial charge in [-0.25, -0.2) is 0 Å². The molecular weight excluding hydrogens is 284 g/mol. The van der Waals surface area contributed by atoms with Crippen LogP contribution in [0.1, 0.15) is 18.7 Å². The van der Waals surface area contributed by atoms with Gasteiger partial charge in [-0.1, -0.05) is 32.0 Å². The lowest BCUT2D eigenvalue weighted by Gasteiger charge is -2.23. The Morgan fingerprint density at radius 1 is 1.29 bits per heavy atom. The summed E-state index contributed by atoms with van der Waals surface area (Å²) in [6.45, 7) is 4.75. The maximum Gasteiger partial charge on any atom is 0.257 e. The van der Waals surface area contributed by atoms with Gasteiger partial charge < -0.3 is 15.8 Å². The molecule has 21 heavy (non-hydrogen) atoms. The van der Waals surface area contributed by atoms with Crippen molar-refractivity contribution in [1.82, 2.24) is 5.32 Å². The molecule has 1 aromatic heterocycles. The SMILES string of the molecule is CC(C)(CNC(=O)COc1ccccc1N)c1cccs1. The van der Waals surface area contributed by atoms with E-state index >= 15 is 0 Å². The zero-order chi connectivity index (χ0) is 15.3. The van der Waals surface area contributed by atoms with Gasteiger partial charge in [0.15, 0.2) is 6.61 Å². The molecule has 3 N–H and O–H groups in total. The highest BCUT2D eigenvalue weighted by Gasteiger charge is 2.22. The lowest BCUT2D eigenvalue weighted by molar-refractivity contribution is -0.123. The number of nitrogens with one attached hydrogen (secondary N) is 1. The Morgan fingerprint density at radius 2 is 2.05 bits per heavy atom. The Kier molecular flexibility index (Phi) is 4.85. The minimum Gasteiger partial charge on any atom is -0.482 e. The Bertz CT molecular complexity index is 594. The van der Waals surface area contributed by atoms with E-state index in [1.165, 1.54) is 4.88 Å². The number of nitrogens with two attached hydrogens (primary N) is 1. The van der Waals surface area contributed by atoms with Crippen LogP contribution in [0.15, 0.2) is 41.8 Å². The second kappa shape index (κ2) is 6.63. The predicted molar refractivity (Wildman–Crippen MR) is 86.7 cm³/mol. The van der Waals surface area contributed by atoms with Crippen LogP contribution in [-0.4, -0.2) is 19.1 Å². The van der Waals surface area contributed by atoms with Gasteiger partial charge in [0.05, 0.1) is 5.69 Å². The van der Waals surface area contributed by atoms with Crippen LogP contribution in [0.25, 0.3) is 0 Å². The van der Waals surface area contributed by atoms with Gasteiger partial charge in [-0.2, -0.15) is 0 Å². The first-order valence-corrected chi connectivity index (χ1v) is 7.65. The predicted octanol–water partition coefficient (Wildman–Crippen LogP) is 2.80. The lowest BCUT2D eigenvalue weighted by atomic mass is 9.91. The second-order valence-electron chi connectivity index (χ2n) is 5.46. The number of thiophene rings is 1. The van der Waals surface area contributed by atoms with Gasteiger partial charge in [-0.3, -0.25) is 4.79 Å². The molecule has 0 atom stereocenters. The Morgan fingerprint density at radius 3 is 2.71 bits per heavy atom. The molecule has 0 fully saturated rings. The van der Waals surface area contributed by atoms with Crippen LogP contribution in [0.3, 0.4) is 0 Å². The van der Waals surface area contributed by atoms with E-state index in [1.807, 2.05) is 23.6 Å². The fourth-order valence-electron chi connectivity index (χ4n) is 1.88. The summed E-state index contributed by atoms with van der Waals surface area (Å²) in [5.41, 5.74) is 6.20. The summed E-state index contributed by atoms with van der Waals surface area (Å²) in [6.07, 6.45) is 0. The number of para-hydroxylation sites is 2. The van der Waals surface area contributed by atoms with Crippen LogP contribution >= 0.6 is 11.3 Å². The van der Waals surface area contributed by atoms with E-state index < -0.39 is 0 Å². The maximum atomic E-state index is 11.9. The molecule has 1 aromatic carbocycles. The number of ether oxygens (including phenoxy) is 1. The van der Waals surface area contributed by atoms with Crippen LogP contribution in [0.2, 0.25) is 0 Å². The molecule has 0 radical (unpaired) electrons. The van der Waals surface area contributed by atoms with Gasteiger partial charge in [0, 0.05) is 16.8 Å². The van der Waals surface area contributed by atoms with Gasteiger partial charge >= 0.3 is 0 Å². The highest BCUT2D eigenvalue weighted by molar-refractivity contribution is 7.10. The Hall–Kier alpha value is -2.01. The van der Waals surface area contributed by atoms with E-state index in [-0.39, 0.29) is 17.9 Å². The van der Waals surface area contributed by atoms with Crippen molar-refractivity contribution in [3.63, 3.8) is 0 Å². The van der Waals surface area contributed by atoms with Crippen molar-refractivity contribution < 1.29 is 9.53 Å². The van der Waals surface area contributed by atoms with Crippen molar-refractivity contribution in [3.8, 4) is 5.75 Å². The third-order valence-electron chi connectivity index (χ3n) is 3.19. The van der Waals surface area contributed by atoms with Gasteiger partial charge in [0.2, 0.25) is 0 Å². The molecule has 0 aliphatic carbocycles. The van der Waals surface area contributed by atoms with Crippen LogP contribution < -0.4 is 15.8 Å². The maximum absolute atomic E-state index is 11.9. The van der Waals surface area contributed by atoms with Crippen LogP contribution in [-0.2, 0) is 10.2 Å². The number of anilines is 1. The molecule has 0 spiro atoms. The normalized spacial score (nSPS) is 11.1. The number of hydrogen-bond acceptors (Lipinski definition) is 4. The summed E-state index contributed by atoms with van der Waals surface area (Å²) in [7, 11) is 0. The number of nitrogen functional groups attached to an aromatic ring is 1. The minimum absolute atomic E-state index is 0.0330. The molecule has 0 saturated heterocycles. The molecule has 4 nitrogen and oxygen atoms in total. The molecule has 0 aliphatic heterocycles. The largest absolute Gasteiger partial charge is 0.482 e. The van der Waals surface area contributed by atoms with E-state index in [4.69, 9.17) is 10.5 Å². The molecule has 2 rings (SSSR count). The monoisotopic (exact) mass is 304 g/mol. The standard InChI is InChI=1S/C16H20N2O2S/c1-16(2,14-8-5-9-21-14)11-18-15(19)10-20-13-7-4-3-6-12(13)17/h3-9H,10-11,17H2,1-2H3,(H,18,19). The number of carbonyl (C=O) groups excluding carboxylic acids is 1. The number of amides is 1. The van der Waals surface area contributed by atoms with Gasteiger partial charge in [-0.15, -0.1) is 11.3 Å². The third kappa shape index (κ3) is 4.23. The van der Waals surface area contributed by atoms with Crippen molar-refractivity contribution >= 4 is 22.9 Å². The van der Waals surface area contributed by atoms with Crippen molar-refractivity contribution in [2.24, 2.45) is 0 Å². The average Bonchev–Trinajstić information content (AvgIpc) is 2.99. The molecule has 1 heterocycles. The number of benzene rings is 1. The fourth-order valence-corrected chi connectivity index (χ4v) is 2.73. The Balaban J connectivity index is 1.82. The van der Waals surface area contributed by atoms with Crippen LogP contribution in [0, 0.1) is 0 Å². The highest BCUT2D eigenvalue weighted by atomic mass is 32.1. The van der Waals surface area contributed by atoms with Crippen molar-refractivity contribution in [3.05, 3.63) is 46.7 Å². The van der Waals surface area contributed by atoms with Gasteiger partial charge in [-0.05, 0) is 23.6 Å². The molecule has 112 valence electrons. The highest BCUT2D eigenvalue weighted by Crippen LogP contribution is 2.26. The zero-order valence-electron chi connectivity index (χ0n) is 12.3. The van der Waals surface area contributed by atoms with Crippen molar-refractivity contribution in [2.75, 3.05) is 18.9 Å². The summed E-state index contributed by atoms with van der Waals surface area (Å²) in [5.74, 6) is 0.382. The van der Waals surface area contributed by atoms with E-state index in [2.05, 4.69) is 25.2 Å². The first-order valence-electron chi connectivity index (χ1n) is 6.77. The van der Waals surface area contributed by atoms with Crippen LogP contribution in [0.4, 0.5) is 5.69 Å². The molecule has 0 saturated carbocycles. The molecule has 2 aromatic rings. The second-order valence-corrected chi connectivity index (χ2v) is 6.41. The van der Waals surface area contributed by atoms with E-state index in [1.54, 1.807) is 23.5 Å². The van der Waals surface area contributed by atoms with Crippen molar-refractivity contribution in [2.45, 2.75) is 19.3 Å². The Labute approximate surface area is 128 Å². The summed E-state index contributed by atoms with van der Waals surface area (Å²) in [6, 6.07) is 11.2. The van der Waals surface area contributed by atoms with E-state index in [0.29, 0.717) is 18.0 Å². The summed E-state index contributed by atoms with van der Waals surface area (Å²) in [5, 5.41) is 4.94. The quantitative estimate of drug-likeness (QED) is 0.807. The first kappa shape index (κ1) is 15.4. The van der Waals surface area contributed by atoms with Crippen molar-refractivity contribution in [1.29, 1.82) is 0 Å². The van der Waals surface area contributed by atoms with E-state index in [0.717, 1.165) is 0 Å². The zero-order valence-corrected chi connectivity index (χ0v) is 13.1. The smallest absolute Gasteiger partial charge is 0.257 e. The molecule has 5 heteroatoms. The van der Waals surface area contributed by atoms with E-state index in [9.17, 15) is 4.79 Å². The summed E-state index contributed by atoms with van der Waals surface area (Å²) < 4.78 is 5.42. The minimum atomic E-state index is -0.150. The summed E-state index contributed by atoms with van der Waals surface area (Å²) >= 11 is 1.69. The van der Waals surface area contributed by atoms with Crippen LogP contribution in [0.5, 0.6) is 5.75 Å².